The second-order valence-electron chi connectivity index (χ2n) is 6.18. The number of nitrogens with zero attached hydrogens (tertiary/aromatic N) is 1. The number of hydrogen-bond donors (Lipinski definition) is 2. The molecule has 1 aromatic rings. The number of hydrogen-bond acceptors (Lipinski definition) is 4. The summed E-state index contributed by atoms with van der Waals surface area (Å²) in [6.07, 6.45) is 1.47. The zero-order valence-corrected chi connectivity index (χ0v) is 15.5. The number of sulfonamides is 1. The van der Waals surface area contributed by atoms with Crippen molar-refractivity contribution in [2.75, 3.05) is 26.2 Å². The molecule has 9 heteroatoms. The zero-order valence-electron chi connectivity index (χ0n) is 14.7. The standard InChI is InChI=1S/C17H24FN3O4S/c1-2-9-19-16(22)12-20-17(23)13-7-10-21(11-8-13)26(24,25)15-6-4-3-5-14(15)18/h3-6,13H,2,7-12H2,1H3,(H,19,22)(H,20,23). The molecule has 0 bridgehead atoms. The molecule has 0 radical (unpaired) electrons. The maximum absolute atomic E-state index is 13.8. The minimum absolute atomic E-state index is 0.0907. The van der Waals surface area contributed by atoms with Crippen molar-refractivity contribution >= 4 is 21.8 Å². The summed E-state index contributed by atoms with van der Waals surface area (Å²) in [6, 6.07) is 5.25. The van der Waals surface area contributed by atoms with E-state index in [9.17, 15) is 22.4 Å². The summed E-state index contributed by atoms with van der Waals surface area (Å²) in [6.45, 7) is 2.67. The summed E-state index contributed by atoms with van der Waals surface area (Å²) >= 11 is 0. The number of benzene rings is 1. The highest BCUT2D eigenvalue weighted by molar-refractivity contribution is 7.89. The van der Waals surface area contributed by atoms with Crippen molar-refractivity contribution < 1.29 is 22.4 Å². The predicted molar refractivity (Wildman–Crippen MR) is 94.2 cm³/mol. The van der Waals surface area contributed by atoms with Crippen LogP contribution in [-0.2, 0) is 19.6 Å². The van der Waals surface area contributed by atoms with E-state index < -0.39 is 15.8 Å². The summed E-state index contributed by atoms with van der Waals surface area (Å²) in [5.74, 6) is -1.66. The first-order valence-electron chi connectivity index (χ1n) is 8.65. The third-order valence-electron chi connectivity index (χ3n) is 4.27. The van der Waals surface area contributed by atoms with E-state index in [-0.39, 0.29) is 42.3 Å². The maximum Gasteiger partial charge on any atom is 0.245 e. The van der Waals surface area contributed by atoms with Gasteiger partial charge in [0.25, 0.3) is 0 Å². The molecule has 0 spiro atoms. The van der Waals surface area contributed by atoms with Crippen LogP contribution >= 0.6 is 0 Å². The molecule has 2 N–H and O–H groups in total. The lowest BCUT2D eigenvalue weighted by molar-refractivity contribution is -0.129. The fraction of sp³-hybridized carbons (Fsp3) is 0.529. The van der Waals surface area contributed by atoms with Gasteiger partial charge in [0, 0.05) is 25.6 Å². The van der Waals surface area contributed by atoms with Gasteiger partial charge < -0.3 is 10.6 Å². The number of carbonyl (C=O) groups excluding carboxylic acids is 2. The average Bonchev–Trinajstić information content (AvgIpc) is 2.64. The summed E-state index contributed by atoms with van der Waals surface area (Å²) < 4.78 is 40.1. The second-order valence-corrected chi connectivity index (χ2v) is 8.08. The van der Waals surface area contributed by atoms with E-state index >= 15 is 0 Å². The Kier molecular flexibility index (Phi) is 7.10. The second kappa shape index (κ2) is 9.09. The first-order valence-corrected chi connectivity index (χ1v) is 10.1. The third-order valence-corrected chi connectivity index (χ3v) is 6.21. The number of rotatable bonds is 7. The van der Waals surface area contributed by atoms with Gasteiger partial charge in [-0.15, -0.1) is 0 Å². The maximum atomic E-state index is 13.8. The summed E-state index contributed by atoms with van der Waals surface area (Å²) in [5.41, 5.74) is 0. The van der Waals surface area contributed by atoms with Crippen LogP contribution in [0, 0.1) is 11.7 Å². The summed E-state index contributed by atoms with van der Waals surface area (Å²) in [7, 11) is -3.92. The molecule has 0 aliphatic carbocycles. The van der Waals surface area contributed by atoms with Crippen molar-refractivity contribution in [3.05, 3.63) is 30.1 Å². The Bertz CT molecular complexity index is 746. The van der Waals surface area contributed by atoms with Crippen LogP contribution in [0.5, 0.6) is 0 Å². The fourth-order valence-corrected chi connectivity index (χ4v) is 4.32. The molecule has 0 atom stereocenters. The van der Waals surface area contributed by atoms with Gasteiger partial charge in [-0.1, -0.05) is 19.1 Å². The van der Waals surface area contributed by atoms with Crippen molar-refractivity contribution in [2.24, 2.45) is 5.92 Å². The molecule has 1 aromatic carbocycles. The van der Waals surface area contributed by atoms with E-state index in [1.165, 1.54) is 22.5 Å². The average molecular weight is 385 g/mol. The van der Waals surface area contributed by atoms with Gasteiger partial charge in [-0.3, -0.25) is 9.59 Å². The van der Waals surface area contributed by atoms with E-state index in [0.29, 0.717) is 19.4 Å². The number of halogens is 1. The van der Waals surface area contributed by atoms with Gasteiger partial charge in [0.05, 0.1) is 6.54 Å². The molecule has 0 saturated carbocycles. The molecule has 1 aliphatic rings. The highest BCUT2D eigenvalue weighted by Crippen LogP contribution is 2.25. The van der Waals surface area contributed by atoms with Gasteiger partial charge in [-0.25, -0.2) is 12.8 Å². The molecule has 1 fully saturated rings. The Hall–Kier alpha value is -2.00. The van der Waals surface area contributed by atoms with Crippen LogP contribution < -0.4 is 10.6 Å². The topological polar surface area (TPSA) is 95.6 Å². The predicted octanol–water partition coefficient (Wildman–Crippen LogP) is 0.869. The Morgan fingerprint density at radius 1 is 1.19 bits per heavy atom. The van der Waals surface area contributed by atoms with Gasteiger partial charge in [-0.2, -0.15) is 4.31 Å². The summed E-state index contributed by atoms with van der Waals surface area (Å²) in [5, 5.41) is 5.24. The van der Waals surface area contributed by atoms with Crippen LogP contribution in [0.15, 0.2) is 29.2 Å². The Morgan fingerprint density at radius 2 is 1.85 bits per heavy atom. The van der Waals surface area contributed by atoms with Crippen molar-refractivity contribution in [3.8, 4) is 0 Å². The monoisotopic (exact) mass is 385 g/mol. The molecule has 7 nitrogen and oxygen atoms in total. The van der Waals surface area contributed by atoms with Crippen molar-refractivity contribution in [2.45, 2.75) is 31.1 Å². The van der Waals surface area contributed by atoms with E-state index in [1.54, 1.807) is 0 Å². The first-order chi connectivity index (χ1) is 12.4. The molecular weight excluding hydrogens is 361 g/mol. The summed E-state index contributed by atoms with van der Waals surface area (Å²) in [4.78, 5) is 23.3. The van der Waals surface area contributed by atoms with Crippen molar-refractivity contribution in [1.29, 1.82) is 0 Å². The smallest absolute Gasteiger partial charge is 0.245 e. The molecule has 26 heavy (non-hydrogen) atoms. The van der Waals surface area contributed by atoms with Crippen molar-refractivity contribution in [3.63, 3.8) is 0 Å². The Morgan fingerprint density at radius 3 is 2.46 bits per heavy atom. The largest absolute Gasteiger partial charge is 0.355 e. The minimum Gasteiger partial charge on any atom is -0.355 e. The van der Waals surface area contributed by atoms with Gasteiger partial charge >= 0.3 is 0 Å². The molecule has 1 heterocycles. The van der Waals surface area contributed by atoms with E-state index in [4.69, 9.17) is 0 Å². The van der Waals surface area contributed by atoms with Crippen LogP contribution in [-0.4, -0.2) is 50.7 Å². The molecule has 1 aliphatic heterocycles. The molecule has 0 unspecified atom stereocenters. The number of piperidine rings is 1. The SMILES string of the molecule is CCCNC(=O)CNC(=O)C1CCN(S(=O)(=O)c2ccccc2F)CC1. The third kappa shape index (κ3) is 5.01. The Labute approximate surface area is 153 Å². The van der Waals surface area contributed by atoms with Crippen LogP contribution in [0.4, 0.5) is 4.39 Å². The van der Waals surface area contributed by atoms with Crippen LogP contribution in [0.1, 0.15) is 26.2 Å². The highest BCUT2D eigenvalue weighted by atomic mass is 32.2. The molecule has 2 amide bonds. The quantitative estimate of drug-likeness (QED) is 0.728. The lowest BCUT2D eigenvalue weighted by Crippen LogP contribution is -2.45. The molecule has 144 valence electrons. The van der Waals surface area contributed by atoms with E-state index in [2.05, 4.69) is 10.6 Å². The van der Waals surface area contributed by atoms with Crippen LogP contribution in [0.2, 0.25) is 0 Å². The zero-order chi connectivity index (χ0) is 19.2. The number of carbonyl (C=O) groups is 2. The van der Waals surface area contributed by atoms with Gasteiger partial charge in [0.1, 0.15) is 10.7 Å². The lowest BCUT2D eigenvalue weighted by atomic mass is 9.97. The lowest BCUT2D eigenvalue weighted by Gasteiger charge is -2.30. The van der Waals surface area contributed by atoms with E-state index in [1.807, 2.05) is 6.92 Å². The normalized spacial score (nSPS) is 16.2. The van der Waals surface area contributed by atoms with Crippen molar-refractivity contribution in [1.82, 2.24) is 14.9 Å². The van der Waals surface area contributed by atoms with Gasteiger partial charge in [-0.05, 0) is 31.4 Å². The number of nitrogens with one attached hydrogen (secondary N) is 2. The first kappa shape index (κ1) is 20.3. The number of amides is 2. The van der Waals surface area contributed by atoms with E-state index in [0.717, 1.165) is 12.5 Å². The van der Waals surface area contributed by atoms with Gasteiger partial charge in [0.15, 0.2) is 0 Å². The minimum atomic E-state index is -3.92. The fourth-order valence-electron chi connectivity index (χ4n) is 2.79. The van der Waals surface area contributed by atoms with Crippen LogP contribution in [0.25, 0.3) is 0 Å². The van der Waals surface area contributed by atoms with Crippen LogP contribution in [0.3, 0.4) is 0 Å². The highest BCUT2D eigenvalue weighted by Gasteiger charge is 2.33. The molecular formula is C17H24FN3O4S. The Balaban J connectivity index is 1.88. The molecule has 1 saturated heterocycles. The molecule has 0 aromatic heterocycles. The molecule has 2 rings (SSSR count). The van der Waals surface area contributed by atoms with Gasteiger partial charge in [0.2, 0.25) is 21.8 Å².